The van der Waals surface area contributed by atoms with Gasteiger partial charge < -0.3 is 9.73 Å². The minimum Gasteiger partial charge on any atom is -0.453 e. The van der Waals surface area contributed by atoms with Crippen LogP contribution >= 0.6 is 15.9 Å². The summed E-state index contributed by atoms with van der Waals surface area (Å²) in [7, 11) is 0. The molecule has 92 valence electrons. The van der Waals surface area contributed by atoms with E-state index in [-0.39, 0.29) is 0 Å². The van der Waals surface area contributed by atoms with Crippen molar-refractivity contribution in [1.82, 2.24) is 5.32 Å². The quantitative estimate of drug-likeness (QED) is 0.704. The first-order chi connectivity index (χ1) is 7.77. The van der Waals surface area contributed by atoms with E-state index < -0.39 is 0 Å². The Labute approximate surface area is 107 Å². The lowest BCUT2D eigenvalue weighted by Gasteiger charge is -2.15. The van der Waals surface area contributed by atoms with Crippen molar-refractivity contribution in [2.75, 3.05) is 6.54 Å². The molecule has 0 fully saturated rings. The van der Waals surface area contributed by atoms with E-state index in [1.54, 1.807) is 0 Å². The van der Waals surface area contributed by atoms with Crippen molar-refractivity contribution in [2.45, 2.75) is 52.0 Å². The van der Waals surface area contributed by atoms with Crippen molar-refractivity contribution in [3.05, 3.63) is 22.6 Å². The molecule has 1 aromatic rings. The van der Waals surface area contributed by atoms with Crippen LogP contribution in [0.4, 0.5) is 0 Å². The van der Waals surface area contributed by atoms with Gasteiger partial charge in [0.25, 0.3) is 0 Å². The fourth-order valence-corrected chi connectivity index (χ4v) is 2.10. The molecule has 2 nitrogen and oxygen atoms in total. The number of hydrogen-bond acceptors (Lipinski definition) is 2. The molecule has 0 saturated heterocycles. The highest BCUT2D eigenvalue weighted by Gasteiger charge is 2.13. The normalized spacial score (nSPS) is 12.9. The molecule has 0 aliphatic carbocycles. The van der Waals surface area contributed by atoms with Crippen LogP contribution in [0.5, 0.6) is 0 Å². The second kappa shape index (κ2) is 7.91. The summed E-state index contributed by atoms with van der Waals surface area (Å²) >= 11 is 3.36. The SMILES string of the molecule is CCCCCC(NCCC)c1ccc(Br)o1. The molecule has 0 radical (unpaired) electrons. The number of nitrogens with one attached hydrogen (secondary N) is 1. The number of unbranched alkanes of at least 4 members (excludes halogenated alkanes) is 2. The van der Waals surface area contributed by atoms with Gasteiger partial charge in [-0.05, 0) is 47.4 Å². The number of hydrogen-bond donors (Lipinski definition) is 1. The summed E-state index contributed by atoms with van der Waals surface area (Å²) in [5.41, 5.74) is 0. The van der Waals surface area contributed by atoms with Gasteiger partial charge in [0.2, 0.25) is 0 Å². The summed E-state index contributed by atoms with van der Waals surface area (Å²) in [5.74, 6) is 1.05. The summed E-state index contributed by atoms with van der Waals surface area (Å²) < 4.78 is 6.45. The molecular formula is C13H22BrNO. The Hall–Kier alpha value is -0.280. The van der Waals surface area contributed by atoms with Crippen LogP contribution in [-0.2, 0) is 0 Å². The molecule has 1 rings (SSSR count). The number of rotatable bonds is 8. The molecule has 0 amide bonds. The third-order valence-electron chi connectivity index (χ3n) is 2.67. The summed E-state index contributed by atoms with van der Waals surface area (Å²) in [5, 5.41) is 3.54. The van der Waals surface area contributed by atoms with Crippen molar-refractivity contribution < 1.29 is 4.42 Å². The predicted octanol–water partition coefficient (Wildman–Crippen LogP) is 4.66. The van der Waals surface area contributed by atoms with E-state index in [0.717, 1.165) is 29.8 Å². The number of halogens is 1. The average molecular weight is 288 g/mol. The van der Waals surface area contributed by atoms with Gasteiger partial charge in [0, 0.05) is 0 Å². The molecule has 1 aromatic heterocycles. The third kappa shape index (κ3) is 4.71. The Morgan fingerprint density at radius 1 is 1.25 bits per heavy atom. The van der Waals surface area contributed by atoms with Gasteiger partial charge in [-0.3, -0.25) is 0 Å². The molecule has 0 saturated carbocycles. The molecule has 0 aliphatic rings. The van der Waals surface area contributed by atoms with Crippen LogP contribution in [0.1, 0.15) is 57.8 Å². The molecule has 3 heteroatoms. The highest BCUT2D eigenvalue weighted by molar-refractivity contribution is 9.10. The van der Waals surface area contributed by atoms with E-state index in [9.17, 15) is 0 Å². The third-order valence-corrected chi connectivity index (χ3v) is 3.10. The van der Waals surface area contributed by atoms with Gasteiger partial charge in [-0.15, -0.1) is 0 Å². The Kier molecular flexibility index (Phi) is 6.81. The van der Waals surface area contributed by atoms with Gasteiger partial charge in [0.1, 0.15) is 5.76 Å². The fraction of sp³-hybridized carbons (Fsp3) is 0.692. The molecule has 1 heterocycles. The van der Waals surface area contributed by atoms with Crippen molar-refractivity contribution in [2.24, 2.45) is 0 Å². The minimum absolute atomic E-state index is 0.373. The van der Waals surface area contributed by atoms with E-state index >= 15 is 0 Å². The molecule has 0 aromatic carbocycles. The first-order valence-electron chi connectivity index (χ1n) is 6.26. The first-order valence-corrected chi connectivity index (χ1v) is 7.05. The Morgan fingerprint density at radius 3 is 2.62 bits per heavy atom. The molecule has 1 unspecified atom stereocenters. The number of furan rings is 1. The Balaban J connectivity index is 2.49. The maximum absolute atomic E-state index is 5.63. The summed E-state index contributed by atoms with van der Waals surface area (Å²) in [6, 6.07) is 4.40. The van der Waals surface area contributed by atoms with Crippen LogP contribution in [0.3, 0.4) is 0 Å². The molecule has 0 bridgehead atoms. The topological polar surface area (TPSA) is 25.2 Å². The highest BCUT2D eigenvalue weighted by atomic mass is 79.9. The minimum atomic E-state index is 0.373. The summed E-state index contributed by atoms with van der Waals surface area (Å²) in [6.07, 6.45) is 6.14. The van der Waals surface area contributed by atoms with Crippen molar-refractivity contribution >= 4 is 15.9 Å². The second-order valence-corrected chi connectivity index (χ2v) is 4.93. The zero-order chi connectivity index (χ0) is 11.8. The van der Waals surface area contributed by atoms with E-state index in [2.05, 4.69) is 41.2 Å². The lowest BCUT2D eigenvalue weighted by Crippen LogP contribution is -2.21. The predicted molar refractivity (Wildman–Crippen MR) is 71.6 cm³/mol. The monoisotopic (exact) mass is 287 g/mol. The van der Waals surface area contributed by atoms with Gasteiger partial charge in [-0.25, -0.2) is 0 Å². The molecule has 0 spiro atoms. The standard InChI is InChI=1S/C13H22BrNO/c1-3-5-6-7-11(15-10-4-2)12-8-9-13(14)16-12/h8-9,11,15H,3-7,10H2,1-2H3. The average Bonchev–Trinajstić information content (AvgIpc) is 2.70. The van der Waals surface area contributed by atoms with Crippen molar-refractivity contribution in [1.29, 1.82) is 0 Å². The fourth-order valence-electron chi connectivity index (χ4n) is 1.78. The molecule has 1 atom stereocenters. The second-order valence-electron chi connectivity index (χ2n) is 4.14. The van der Waals surface area contributed by atoms with E-state index in [1.807, 2.05) is 6.07 Å². The van der Waals surface area contributed by atoms with Crippen LogP contribution in [0, 0.1) is 0 Å². The maximum atomic E-state index is 5.63. The molecule has 16 heavy (non-hydrogen) atoms. The largest absolute Gasteiger partial charge is 0.453 e. The zero-order valence-electron chi connectivity index (χ0n) is 10.3. The summed E-state index contributed by atoms with van der Waals surface area (Å²) in [6.45, 7) is 5.47. The van der Waals surface area contributed by atoms with Gasteiger partial charge in [-0.2, -0.15) is 0 Å². The highest BCUT2D eigenvalue weighted by Crippen LogP contribution is 2.24. The van der Waals surface area contributed by atoms with Gasteiger partial charge >= 0.3 is 0 Å². The lowest BCUT2D eigenvalue weighted by atomic mass is 10.1. The lowest BCUT2D eigenvalue weighted by molar-refractivity contribution is 0.377. The van der Waals surface area contributed by atoms with Crippen LogP contribution in [0.15, 0.2) is 21.2 Å². The summed E-state index contributed by atoms with van der Waals surface area (Å²) in [4.78, 5) is 0. The van der Waals surface area contributed by atoms with Crippen molar-refractivity contribution in [3.8, 4) is 0 Å². The van der Waals surface area contributed by atoms with E-state index in [1.165, 1.54) is 19.3 Å². The van der Waals surface area contributed by atoms with E-state index in [0.29, 0.717) is 6.04 Å². The molecule has 1 N–H and O–H groups in total. The van der Waals surface area contributed by atoms with Gasteiger partial charge in [0.05, 0.1) is 6.04 Å². The van der Waals surface area contributed by atoms with Crippen LogP contribution in [0.2, 0.25) is 0 Å². The molecular weight excluding hydrogens is 266 g/mol. The van der Waals surface area contributed by atoms with Crippen LogP contribution in [-0.4, -0.2) is 6.54 Å². The van der Waals surface area contributed by atoms with E-state index in [4.69, 9.17) is 4.42 Å². The van der Waals surface area contributed by atoms with Gasteiger partial charge in [-0.1, -0.05) is 33.1 Å². The zero-order valence-corrected chi connectivity index (χ0v) is 11.8. The van der Waals surface area contributed by atoms with Crippen LogP contribution < -0.4 is 5.32 Å². The van der Waals surface area contributed by atoms with Crippen LogP contribution in [0.25, 0.3) is 0 Å². The first kappa shape index (κ1) is 13.8. The Bertz CT molecular complexity index is 285. The Morgan fingerprint density at radius 2 is 2.06 bits per heavy atom. The van der Waals surface area contributed by atoms with Crippen molar-refractivity contribution in [3.63, 3.8) is 0 Å². The maximum Gasteiger partial charge on any atom is 0.169 e. The molecule has 0 aliphatic heterocycles. The van der Waals surface area contributed by atoms with Gasteiger partial charge in [0.15, 0.2) is 4.67 Å². The smallest absolute Gasteiger partial charge is 0.169 e.